The summed E-state index contributed by atoms with van der Waals surface area (Å²) in [5.74, 6) is -0.496. The van der Waals surface area contributed by atoms with Gasteiger partial charge in [0.25, 0.3) is 0 Å². The quantitative estimate of drug-likeness (QED) is 0.486. The van der Waals surface area contributed by atoms with Gasteiger partial charge in [0.2, 0.25) is 5.91 Å². The summed E-state index contributed by atoms with van der Waals surface area (Å²) in [6.07, 6.45) is 0.746. The molecule has 0 aliphatic heterocycles. The number of rotatable bonds is 7. The molecule has 1 unspecified atom stereocenters. The zero-order chi connectivity index (χ0) is 20.7. The number of hydrogen-bond acceptors (Lipinski definition) is 3. The maximum Gasteiger partial charge on any atom is 0.228 e. The first-order valence-corrected chi connectivity index (χ1v) is 10.0. The molecular formula is C20H22ClF2N3OS. The number of nitrogens with zero attached hydrogens (tertiary/aromatic N) is 1. The van der Waals surface area contributed by atoms with Crippen LogP contribution in [-0.2, 0) is 11.2 Å². The Morgan fingerprint density at radius 2 is 2.04 bits per heavy atom. The average molecular weight is 426 g/mol. The highest BCUT2D eigenvalue weighted by Gasteiger charge is 2.14. The number of amidine groups is 1. The van der Waals surface area contributed by atoms with Crippen molar-refractivity contribution in [3.63, 3.8) is 0 Å². The molecule has 0 bridgehead atoms. The topological polar surface area (TPSA) is 67.5 Å². The van der Waals surface area contributed by atoms with Crippen molar-refractivity contribution in [3.05, 3.63) is 64.2 Å². The van der Waals surface area contributed by atoms with Gasteiger partial charge in [0.05, 0.1) is 12.1 Å². The predicted octanol–water partition coefficient (Wildman–Crippen LogP) is 4.97. The fourth-order valence-electron chi connectivity index (χ4n) is 2.55. The first-order valence-electron chi connectivity index (χ1n) is 8.68. The summed E-state index contributed by atoms with van der Waals surface area (Å²) in [5.41, 5.74) is 7.15. The summed E-state index contributed by atoms with van der Waals surface area (Å²) < 4.78 is 27.2. The Labute approximate surface area is 172 Å². The molecule has 0 saturated carbocycles. The van der Waals surface area contributed by atoms with Crippen molar-refractivity contribution in [2.24, 2.45) is 10.7 Å². The summed E-state index contributed by atoms with van der Waals surface area (Å²) in [6, 6.07) is 8.48. The van der Waals surface area contributed by atoms with Crippen LogP contribution in [0.15, 0.2) is 41.4 Å². The van der Waals surface area contributed by atoms with Crippen LogP contribution in [0.25, 0.3) is 0 Å². The standard InChI is InChI=1S/C20H22ClF2N3OS/c1-12(7-8-28-20(24)25-2)13-4-6-17(23)18(9-13)26-19(27)10-14-3-5-15(22)11-16(14)21/h3-6,9,11-12H,7-8,10H2,1-2H3,(H2,24,25)(H,26,27). The molecule has 8 heteroatoms. The summed E-state index contributed by atoms with van der Waals surface area (Å²) >= 11 is 7.41. The number of hydrogen-bond donors (Lipinski definition) is 2. The highest BCUT2D eigenvalue weighted by molar-refractivity contribution is 8.13. The molecule has 0 saturated heterocycles. The highest BCUT2D eigenvalue weighted by Crippen LogP contribution is 2.26. The molecule has 28 heavy (non-hydrogen) atoms. The zero-order valence-electron chi connectivity index (χ0n) is 15.6. The van der Waals surface area contributed by atoms with E-state index in [1.807, 2.05) is 6.92 Å². The van der Waals surface area contributed by atoms with E-state index in [1.54, 1.807) is 19.2 Å². The van der Waals surface area contributed by atoms with Crippen LogP contribution in [0.4, 0.5) is 14.5 Å². The van der Waals surface area contributed by atoms with Gasteiger partial charge in [-0.1, -0.05) is 42.4 Å². The average Bonchev–Trinajstić information content (AvgIpc) is 2.65. The second-order valence-corrected chi connectivity index (χ2v) is 7.82. The van der Waals surface area contributed by atoms with Gasteiger partial charge in [-0.2, -0.15) is 0 Å². The molecule has 0 fully saturated rings. The van der Waals surface area contributed by atoms with Gasteiger partial charge in [-0.05, 0) is 47.7 Å². The molecule has 2 rings (SSSR count). The van der Waals surface area contributed by atoms with E-state index in [-0.39, 0.29) is 23.0 Å². The number of halogens is 3. The second kappa shape index (κ2) is 10.4. The number of benzene rings is 2. The minimum absolute atomic E-state index is 0.0788. The van der Waals surface area contributed by atoms with E-state index >= 15 is 0 Å². The van der Waals surface area contributed by atoms with E-state index in [4.69, 9.17) is 17.3 Å². The number of nitrogens with two attached hydrogens (primary N) is 1. The lowest BCUT2D eigenvalue weighted by atomic mass is 9.98. The Morgan fingerprint density at radius 3 is 2.71 bits per heavy atom. The monoisotopic (exact) mass is 425 g/mol. The lowest BCUT2D eigenvalue weighted by Crippen LogP contribution is -2.16. The largest absolute Gasteiger partial charge is 0.379 e. The van der Waals surface area contributed by atoms with Crippen molar-refractivity contribution in [3.8, 4) is 0 Å². The van der Waals surface area contributed by atoms with Crippen molar-refractivity contribution in [2.45, 2.75) is 25.7 Å². The van der Waals surface area contributed by atoms with Crippen LogP contribution in [0, 0.1) is 11.6 Å². The van der Waals surface area contributed by atoms with Gasteiger partial charge >= 0.3 is 0 Å². The maximum atomic E-state index is 14.1. The first-order chi connectivity index (χ1) is 13.3. The zero-order valence-corrected chi connectivity index (χ0v) is 17.2. The van der Waals surface area contributed by atoms with Gasteiger partial charge in [0.1, 0.15) is 11.6 Å². The molecule has 150 valence electrons. The van der Waals surface area contributed by atoms with E-state index in [2.05, 4.69) is 10.3 Å². The van der Waals surface area contributed by atoms with E-state index in [9.17, 15) is 13.6 Å². The molecule has 0 spiro atoms. The van der Waals surface area contributed by atoms with Crippen LogP contribution in [0.5, 0.6) is 0 Å². The minimum atomic E-state index is -0.522. The van der Waals surface area contributed by atoms with Crippen molar-refractivity contribution in [2.75, 3.05) is 18.1 Å². The van der Waals surface area contributed by atoms with Gasteiger partial charge in [0, 0.05) is 17.8 Å². The summed E-state index contributed by atoms with van der Waals surface area (Å²) in [6.45, 7) is 2.02. The van der Waals surface area contributed by atoms with Gasteiger partial charge in [0.15, 0.2) is 5.17 Å². The molecule has 3 N–H and O–H groups in total. The summed E-state index contributed by atoms with van der Waals surface area (Å²) in [5, 5.41) is 3.25. The third-order valence-corrected chi connectivity index (χ3v) is 5.49. The van der Waals surface area contributed by atoms with Crippen molar-refractivity contribution in [1.29, 1.82) is 0 Å². The third kappa shape index (κ3) is 6.49. The Bertz CT molecular complexity index is 877. The maximum absolute atomic E-state index is 14.1. The van der Waals surface area contributed by atoms with E-state index in [0.717, 1.165) is 23.8 Å². The Hall–Kier alpha value is -2.12. The molecule has 0 radical (unpaired) electrons. The number of thioether (sulfide) groups is 1. The number of carbonyl (C=O) groups excluding carboxylic acids is 1. The summed E-state index contributed by atoms with van der Waals surface area (Å²) in [4.78, 5) is 16.2. The minimum Gasteiger partial charge on any atom is -0.379 e. The van der Waals surface area contributed by atoms with Crippen molar-refractivity contribution >= 4 is 40.1 Å². The van der Waals surface area contributed by atoms with Crippen LogP contribution in [0.2, 0.25) is 5.02 Å². The molecule has 1 atom stereocenters. The van der Waals surface area contributed by atoms with E-state index < -0.39 is 17.5 Å². The lowest BCUT2D eigenvalue weighted by molar-refractivity contribution is -0.115. The third-order valence-electron chi connectivity index (χ3n) is 4.22. The smallest absolute Gasteiger partial charge is 0.228 e. The molecule has 2 aromatic carbocycles. The van der Waals surface area contributed by atoms with Crippen LogP contribution in [0.3, 0.4) is 0 Å². The van der Waals surface area contributed by atoms with Gasteiger partial charge in [-0.25, -0.2) is 8.78 Å². The normalized spacial score (nSPS) is 12.7. The number of carbonyl (C=O) groups is 1. The Morgan fingerprint density at radius 1 is 1.29 bits per heavy atom. The molecule has 0 heterocycles. The van der Waals surface area contributed by atoms with Crippen LogP contribution in [-0.4, -0.2) is 23.9 Å². The van der Waals surface area contributed by atoms with Crippen LogP contribution in [0.1, 0.15) is 30.4 Å². The number of nitrogens with one attached hydrogen (secondary N) is 1. The van der Waals surface area contributed by atoms with Gasteiger partial charge in [-0.15, -0.1) is 0 Å². The van der Waals surface area contributed by atoms with E-state index in [1.165, 1.54) is 30.0 Å². The lowest BCUT2D eigenvalue weighted by Gasteiger charge is -2.14. The molecule has 4 nitrogen and oxygen atoms in total. The van der Waals surface area contributed by atoms with Crippen LogP contribution >= 0.6 is 23.4 Å². The number of amides is 1. The Balaban J connectivity index is 2.02. The number of aliphatic imine (C=N–C) groups is 1. The molecule has 1 amide bonds. The molecule has 2 aromatic rings. The highest BCUT2D eigenvalue weighted by atomic mass is 35.5. The molecule has 0 aromatic heterocycles. The number of anilines is 1. The first kappa shape index (κ1) is 22.2. The molecular weight excluding hydrogens is 404 g/mol. The predicted molar refractivity (Wildman–Crippen MR) is 113 cm³/mol. The fraction of sp³-hybridized carbons (Fsp3) is 0.300. The molecule has 0 aliphatic carbocycles. The van der Waals surface area contributed by atoms with Crippen molar-refractivity contribution in [1.82, 2.24) is 0 Å². The van der Waals surface area contributed by atoms with E-state index in [0.29, 0.717) is 10.7 Å². The fourth-order valence-corrected chi connectivity index (χ4v) is 3.59. The second-order valence-electron chi connectivity index (χ2n) is 6.30. The van der Waals surface area contributed by atoms with Gasteiger partial charge in [-0.3, -0.25) is 9.79 Å². The molecule has 0 aliphatic rings. The Kier molecular flexibility index (Phi) is 8.26. The summed E-state index contributed by atoms with van der Waals surface area (Å²) in [7, 11) is 1.64. The van der Waals surface area contributed by atoms with Gasteiger partial charge < -0.3 is 11.1 Å². The SMILES string of the molecule is CN=C(N)SCCC(C)c1ccc(F)c(NC(=O)Cc2ccc(F)cc2Cl)c1. The van der Waals surface area contributed by atoms with Crippen molar-refractivity contribution < 1.29 is 13.6 Å². The van der Waals surface area contributed by atoms with Crippen LogP contribution < -0.4 is 11.1 Å².